The molecule has 1 aromatic rings. The molecule has 4 heteroatoms. The van der Waals surface area contributed by atoms with Crippen molar-refractivity contribution in [2.45, 2.75) is 0 Å². The Labute approximate surface area is 55.3 Å². The average molecular weight is 150 g/mol. The second-order valence-corrected chi connectivity index (χ2v) is 1.78. The molecule has 0 aromatic carbocycles. The second kappa shape index (κ2) is 2.27. The molecular weight excluding hydrogens is 148 g/mol. The molecule has 0 aliphatic carbocycles. The topological polar surface area (TPSA) is 12.9 Å². The molecule has 0 bridgehead atoms. The first-order valence-corrected chi connectivity index (χ1v) is 2.55. The first-order chi connectivity index (χ1) is 4.22. The van der Waals surface area contributed by atoms with Gasteiger partial charge in [0.05, 0.1) is 0 Å². The van der Waals surface area contributed by atoms with Crippen LogP contribution in [0.5, 0.6) is 0 Å². The van der Waals surface area contributed by atoms with Gasteiger partial charge in [0.2, 0.25) is 5.95 Å². The lowest BCUT2D eigenvalue weighted by Crippen LogP contribution is -1.85. The summed E-state index contributed by atoms with van der Waals surface area (Å²) < 4.78 is 24.3. The first kappa shape index (κ1) is 6.42. The Morgan fingerprint density at radius 1 is 1.44 bits per heavy atom. The van der Waals surface area contributed by atoms with Crippen molar-refractivity contribution >= 4 is 11.6 Å². The predicted octanol–water partition coefficient (Wildman–Crippen LogP) is 2.01. The zero-order valence-electron chi connectivity index (χ0n) is 4.24. The van der Waals surface area contributed by atoms with Gasteiger partial charge in [0.15, 0.2) is 0 Å². The van der Waals surface area contributed by atoms with E-state index in [1.54, 1.807) is 0 Å². The van der Waals surface area contributed by atoms with Crippen molar-refractivity contribution in [3.63, 3.8) is 0 Å². The van der Waals surface area contributed by atoms with E-state index in [0.29, 0.717) is 0 Å². The minimum atomic E-state index is -0.975. The van der Waals surface area contributed by atoms with E-state index in [0.717, 1.165) is 12.3 Å². The van der Waals surface area contributed by atoms with E-state index in [2.05, 4.69) is 4.98 Å². The van der Waals surface area contributed by atoms with Crippen molar-refractivity contribution in [1.82, 2.24) is 4.98 Å². The number of aromatic nitrogens is 1. The van der Waals surface area contributed by atoms with Crippen molar-refractivity contribution in [2.24, 2.45) is 0 Å². The Balaban J connectivity index is 3.25. The van der Waals surface area contributed by atoms with Crippen LogP contribution in [0.3, 0.4) is 0 Å². The van der Waals surface area contributed by atoms with Crippen molar-refractivity contribution in [2.75, 3.05) is 0 Å². The van der Waals surface area contributed by atoms with Gasteiger partial charge in [-0.1, -0.05) is 11.6 Å². The summed E-state index contributed by atoms with van der Waals surface area (Å²) in [5, 5.41) is -0.558. The molecular formula is C5H2ClF2N. The lowest BCUT2D eigenvalue weighted by molar-refractivity contribution is 0.553. The largest absolute Gasteiger partial charge is 0.234 e. The maximum Gasteiger partial charge on any atom is 0.234 e. The van der Waals surface area contributed by atoms with Crippen LogP contribution in [-0.4, -0.2) is 4.98 Å². The van der Waals surface area contributed by atoms with Crippen LogP contribution in [-0.2, 0) is 0 Å². The van der Waals surface area contributed by atoms with Crippen LogP contribution >= 0.6 is 11.6 Å². The number of halogens is 3. The quantitative estimate of drug-likeness (QED) is 0.515. The fraction of sp³-hybridized carbons (Fsp3) is 0. The molecule has 0 amide bonds. The van der Waals surface area contributed by atoms with Gasteiger partial charge in [0.1, 0.15) is 10.8 Å². The maximum absolute atomic E-state index is 12.2. The molecule has 48 valence electrons. The van der Waals surface area contributed by atoms with Crippen molar-refractivity contribution in [3.8, 4) is 0 Å². The molecule has 0 saturated carbocycles. The molecule has 0 unspecified atom stereocenters. The molecule has 1 aromatic heterocycles. The van der Waals surface area contributed by atoms with Crippen LogP contribution in [0, 0.1) is 11.8 Å². The van der Waals surface area contributed by atoms with Crippen LogP contribution in [0.15, 0.2) is 12.3 Å². The van der Waals surface area contributed by atoms with E-state index in [1.165, 1.54) is 0 Å². The number of hydrogen-bond acceptors (Lipinski definition) is 1. The van der Waals surface area contributed by atoms with Gasteiger partial charge in [-0.05, 0) is 6.07 Å². The van der Waals surface area contributed by atoms with Gasteiger partial charge in [-0.3, -0.25) is 0 Å². The van der Waals surface area contributed by atoms with Gasteiger partial charge in [0, 0.05) is 6.20 Å². The molecule has 1 nitrogen and oxygen atoms in total. The van der Waals surface area contributed by atoms with Crippen LogP contribution in [0.2, 0.25) is 5.02 Å². The van der Waals surface area contributed by atoms with Gasteiger partial charge >= 0.3 is 0 Å². The van der Waals surface area contributed by atoms with Crippen molar-refractivity contribution in [1.29, 1.82) is 0 Å². The molecule has 1 rings (SSSR count). The van der Waals surface area contributed by atoms with Crippen LogP contribution < -0.4 is 0 Å². The third kappa shape index (κ3) is 1.16. The van der Waals surface area contributed by atoms with Crippen LogP contribution in [0.4, 0.5) is 8.78 Å². The molecule has 0 N–H and O–H groups in total. The summed E-state index contributed by atoms with van der Waals surface area (Å²) in [7, 11) is 0. The SMILES string of the molecule is Fc1ccnc(F)c1Cl. The summed E-state index contributed by atoms with van der Waals surface area (Å²) in [6.07, 6.45) is 1.01. The summed E-state index contributed by atoms with van der Waals surface area (Å²) in [6.45, 7) is 0. The smallest absolute Gasteiger partial charge is 0.227 e. The summed E-state index contributed by atoms with van der Waals surface area (Å²) in [4.78, 5) is 3.10. The maximum atomic E-state index is 12.2. The Hall–Kier alpha value is -0.700. The number of nitrogens with zero attached hydrogens (tertiary/aromatic N) is 1. The summed E-state index contributed by atoms with van der Waals surface area (Å²) in [5.74, 6) is -1.76. The van der Waals surface area contributed by atoms with Gasteiger partial charge in [-0.2, -0.15) is 4.39 Å². The minimum Gasteiger partial charge on any atom is -0.227 e. The van der Waals surface area contributed by atoms with Crippen LogP contribution in [0.25, 0.3) is 0 Å². The summed E-state index contributed by atoms with van der Waals surface area (Å²) >= 11 is 5.07. The van der Waals surface area contributed by atoms with E-state index in [1.807, 2.05) is 0 Å². The van der Waals surface area contributed by atoms with E-state index < -0.39 is 16.8 Å². The average Bonchev–Trinajstić information content (AvgIpc) is 1.83. The molecule has 0 fully saturated rings. The highest BCUT2D eigenvalue weighted by Crippen LogP contribution is 2.14. The van der Waals surface area contributed by atoms with Crippen molar-refractivity contribution in [3.05, 3.63) is 29.1 Å². The Kier molecular flexibility index (Phi) is 1.62. The second-order valence-electron chi connectivity index (χ2n) is 1.40. The van der Waals surface area contributed by atoms with Gasteiger partial charge in [0.25, 0.3) is 0 Å². The zero-order valence-corrected chi connectivity index (χ0v) is 4.99. The fourth-order valence-electron chi connectivity index (χ4n) is 0.397. The number of rotatable bonds is 0. The fourth-order valence-corrected chi connectivity index (χ4v) is 0.508. The highest BCUT2D eigenvalue weighted by molar-refractivity contribution is 6.30. The molecule has 0 aliphatic heterocycles. The van der Waals surface area contributed by atoms with Crippen molar-refractivity contribution < 1.29 is 8.78 Å². The summed E-state index contributed by atoms with van der Waals surface area (Å²) in [6, 6.07) is 0.991. The normalized spacial score (nSPS) is 9.67. The first-order valence-electron chi connectivity index (χ1n) is 2.17. The Morgan fingerprint density at radius 2 is 2.11 bits per heavy atom. The van der Waals surface area contributed by atoms with Gasteiger partial charge in [-0.15, -0.1) is 0 Å². The third-order valence-corrected chi connectivity index (χ3v) is 1.14. The van der Waals surface area contributed by atoms with Gasteiger partial charge in [-0.25, -0.2) is 9.37 Å². The lowest BCUT2D eigenvalue weighted by atomic mass is 10.5. The van der Waals surface area contributed by atoms with Gasteiger partial charge < -0.3 is 0 Å². The van der Waals surface area contributed by atoms with E-state index in [9.17, 15) is 8.78 Å². The number of pyridine rings is 1. The molecule has 9 heavy (non-hydrogen) atoms. The summed E-state index contributed by atoms with van der Waals surface area (Å²) in [5.41, 5.74) is 0. The van der Waals surface area contributed by atoms with E-state index >= 15 is 0 Å². The Bertz CT molecular complexity index is 206. The van der Waals surface area contributed by atoms with E-state index in [-0.39, 0.29) is 0 Å². The highest BCUT2D eigenvalue weighted by Gasteiger charge is 2.03. The van der Waals surface area contributed by atoms with E-state index in [4.69, 9.17) is 11.6 Å². The van der Waals surface area contributed by atoms with Crippen LogP contribution in [0.1, 0.15) is 0 Å². The lowest BCUT2D eigenvalue weighted by Gasteiger charge is -1.90. The molecule has 0 radical (unpaired) electrons. The monoisotopic (exact) mass is 149 g/mol. The standard InChI is InChI=1S/C5H2ClF2N/c6-4-3(7)1-2-9-5(4)8/h1-2H. The molecule has 0 atom stereocenters. The Morgan fingerprint density at radius 3 is 2.56 bits per heavy atom. The molecule has 0 aliphatic rings. The molecule has 0 spiro atoms. The molecule has 0 saturated heterocycles. The predicted molar refractivity (Wildman–Crippen MR) is 29.2 cm³/mol. The zero-order chi connectivity index (χ0) is 6.85. The highest BCUT2D eigenvalue weighted by atomic mass is 35.5. The molecule has 1 heterocycles. The minimum absolute atomic E-state index is 0.558. The number of hydrogen-bond donors (Lipinski definition) is 0. The third-order valence-electron chi connectivity index (χ3n) is 0.800.